The van der Waals surface area contributed by atoms with Crippen LogP contribution in [0.5, 0.6) is 5.75 Å². The molecule has 0 spiro atoms. The number of benzene rings is 1. The number of ether oxygens (including phenoxy) is 4. The maximum absolute atomic E-state index is 14.4. The molecular formula is C42H62ClN3O9S. The van der Waals surface area contributed by atoms with E-state index in [2.05, 4.69) is 45.6 Å². The number of fused-ring (bicyclic) bond motifs is 6. The van der Waals surface area contributed by atoms with E-state index in [-0.39, 0.29) is 43.0 Å². The van der Waals surface area contributed by atoms with Crippen molar-refractivity contribution >= 4 is 53.8 Å². The normalized spacial score (nSPS) is 30.1. The van der Waals surface area contributed by atoms with Gasteiger partial charge in [0.1, 0.15) is 51.6 Å². The van der Waals surface area contributed by atoms with Crippen LogP contribution in [0, 0.1) is 5.92 Å². The third-order valence-electron chi connectivity index (χ3n) is 11.1. The standard InChI is InChI=1S/C42H62ClN3O9S/c1-11-16-39(6,23-26(2)3)54-31-21-29-19-27(4)14-12-13-17-42(51)24-33(53-38(50)44-42)41(8)25-40(7,55-41)32(22-35(48)46(10)30(20-29)36(31)43)52-37(49)28(5)45(9)34(47)15-18-56/h12-14,20-21,26,28,32-33,51,56H,11,15-19,22-25H2,1-10H3,(H,44,50)/b13-12+,27-14+/t28-,32-,33-,39?,40+,41?,42+/m0/s1. The Hall–Kier alpha value is -3.26. The van der Waals surface area contributed by atoms with E-state index in [0.29, 0.717) is 29.5 Å². The Morgan fingerprint density at radius 2 is 1.89 bits per heavy atom. The third-order valence-corrected chi connectivity index (χ3v) is 11.7. The molecule has 2 N–H and O–H groups in total. The zero-order chi connectivity index (χ0) is 41.8. The second kappa shape index (κ2) is 18.1. The number of rotatable bonds is 11. The average molecular weight is 820 g/mol. The van der Waals surface area contributed by atoms with Crippen LogP contribution in [-0.2, 0) is 35.0 Å². The first-order valence-corrected chi connectivity index (χ1v) is 20.7. The molecule has 1 aromatic carbocycles. The number of amides is 3. The second-order valence-corrected chi connectivity index (χ2v) is 17.9. The lowest BCUT2D eigenvalue weighted by molar-refractivity contribution is -0.326. The van der Waals surface area contributed by atoms with Gasteiger partial charge in [-0.05, 0) is 83.2 Å². The van der Waals surface area contributed by atoms with Crippen LogP contribution in [0.4, 0.5) is 10.5 Å². The fourth-order valence-corrected chi connectivity index (χ4v) is 8.75. The van der Waals surface area contributed by atoms with Gasteiger partial charge in [0.15, 0.2) is 0 Å². The van der Waals surface area contributed by atoms with Crippen LogP contribution in [0.25, 0.3) is 0 Å². The predicted octanol–water partition coefficient (Wildman–Crippen LogP) is 7.33. The van der Waals surface area contributed by atoms with Gasteiger partial charge in [-0.15, -0.1) is 0 Å². The van der Waals surface area contributed by atoms with Gasteiger partial charge in [0.05, 0.1) is 12.1 Å². The maximum Gasteiger partial charge on any atom is 0.409 e. The van der Waals surface area contributed by atoms with Crippen molar-refractivity contribution in [3.63, 3.8) is 0 Å². The fourth-order valence-electron chi connectivity index (χ4n) is 8.29. The number of hydrogen-bond donors (Lipinski definition) is 3. The molecule has 4 aliphatic rings. The number of nitrogens with zero attached hydrogens (tertiary/aromatic N) is 2. The van der Waals surface area contributed by atoms with Gasteiger partial charge in [0, 0.05) is 39.8 Å². The summed E-state index contributed by atoms with van der Waals surface area (Å²) in [5, 5.41) is 14.4. The smallest absolute Gasteiger partial charge is 0.409 e. The lowest BCUT2D eigenvalue weighted by Crippen LogP contribution is -2.71. The number of allylic oxidation sites excluding steroid dienone is 3. The molecule has 6 bridgehead atoms. The number of anilines is 1. The first-order chi connectivity index (χ1) is 26.1. The molecule has 2 saturated heterocycles. The van der Waals surface area contributed by atoms with Crippen LogP contribution in [0.3, 0.4) is 0 Å². The van der Waals surface area contributed by atoms with E-state index in [1.165, 1.54) is 16.8 Å². The summed E-state index contributed by atoms with van der Waals surface area (Å²) >= 11 is 11.3. The summed E-state index contributed by atoms with van der Waals surface area (Å²) in [6.45, 7) is 15.5. The van der Waals surface area contributed by atoms with Crippen molar-refractivity contribution in [2.24, 2.45) is 5.92 Å². The predicted molar refractivity (Wildman–Crippen MR) is 220 cm³/mol. The number of esters is 1. The van der Waals surface area contributed by atoms with Crippen LogP contribution >= 0.6 is 24.2 Å². The van der Waals surface area contributed by atoms with E-state index in [0.717, 1.165) is 30.4 Å². The van der Waals surface area contributed by atoms with E-state index in [4.69, 9.17) is 30.5 Å². The Morgan fingerprint density at radius 3 is 2.52 bits per heavy atom. The van der Waals surface area contributed by atoms with Crippen LogP contribution < -0.4 is 15.0 Å². The molecule has 5 rings (SSSR count). The molecule has 0 saturated carbocycles. The van der Waals surface area contributed by atoms with Crippen molar-refractivity contribution in [3.05, 3.63) is 46.5 Å². The van der Waals surface area contributed by atoms with Gasteiger partial charge < -0.3 is 33.9 Å². The molecule has 0 aromatic heterocycles. The highest BCUT2D eigenvalue weighted by molar-refractivity contribution is 7.80. The monoisotopic (exact) mass is 819 g/mol. The molecule has 1 aromatic rings. The lowest BCUT2D eigenvalue weighted by Gasteiger charge is -2.59. The molecule has 14 heteroatoms. The summed E-state index contributed by atoms with van der Waals surface area (Å²) in [5.41, 5.74) is -2.14. The van der Waals surface area contributed by atoms with Gasteiger partial charge >= 0.3 is 12.1 Å². The second-order valence-electron chi connectivity index (χ2n) is 17.0. The number of halogens is 1. The molecule has 3 amide bonds. The lowest BCUT2D eigenvalue weighted by atomic mass is 9.72. The molecule has 4 aliphatic heterocycles. The summed E-state index contributed by atoms with van der Waals surface area (Å²) in [4.78, 5) is 56.3. The quantitative estimate of drug-likeness (QED) is 0.155. The van der Waals surface area contributed by atoms with Gasteiger partial charge in [-0.25, -0.2) is 9.59 Å². The third kappa shape index (κ3) is 10.8. The Balaban J connectivity index is 1.80. The fraction of sp³-hybridized carbons (Fsp3) is 0.667. The zero-order valence-corrected chi connectivity index (χ0v) is 36.4. The Bertz CT molecular complexity index is 1690. The first kappa shape index (κ1) is 45.4. The Labute approximate surface area is 343 Å². The molecule has 12 nitrogen and oxygen atoms in total. The van der Waals surface area contributed by atoms with Crippen LogP contribution in [0.1, 0.15) is 112 Å². The molecule has 2 unspecified atom stereocenters. The van der Waals surface area contributed by atoms with Crippen LogP contribution in [-0.4, -0.2) is 94.5 Å². The average Bonchev–Trinajstić information content (AvgIpc) is 3.08. The Morgan fingerprint density at radius 1 is 1.21 bits per heavy atom. The largest absolute Gasteiger partial charge is 0.486 e. The van der Waals surface area contributed by atoms with Crippen molar-refractivity contribution in [2.75, 3.05) is 24.7 Å². The molecule has 0 aliphatic carbocycles. The first-order valence-electron chi connectivity index (χ1n) is 19.6. The van der Waals surface area contributed by atoms with Crippen molar-refractivity contribution < 1.29 is 43.2 Å². The van der Waals surface area contributed by atoms with Crippen molar-refractivity contribution in [2.45, 2.75) is 154 Å². The number of likely N-dealkylation sites (N-methyl/N-ethyl adjacent to an activating group) is 1. The highest BCUT2D eigenvalue weighted by atomic mass is 35.5. The van der Waals surface area contributed by atoms with Crippen molar-refractivity contribution in [1.82, 2.24) is 10.2 Å². The number of aliphatic hydroxyl groups is 1. The number of carbonyl (C=O) groups is 4. The topological polar surface area (TPSA) is 144 Å². The molecule has 7 atom stereocenters. The van der Waals surface area contributed by atoms with Gasteiger partial charge in [-0.3, -0.25) is 14.9 Å². The number of alkyl carbamates (subject to hydrolysis) is 1. The highest BCUT2D eigenvalue weighted by Gasteiger charge is 2.62. The summed E-state index contributed by atoms with van der Waals surface area (Å²) in [6, 6.07) is 2.81. The summed E-state index contributed by atoms with van der Waals surface area (Å²) < 4.78 is 25.1. The zero-order valence-electron chi connectivity index (χ0n) is 34.7. The van der Waals surface area contributed by atoms with E-state index in [1.807, 2.05) is 31.2 Å². The van der Waals surface area contributed by atoms with E-state index in [1.54, 1.807) is 33.9 Å². The van der Waals surface area contributed by atoms with E-state index in [9.17, 15) is 24.3 Å². The molecule has 312 valence electrons. The van der Waals surface area contributed by atoms with Crippen molar-refractivity contribution in [1.29, 1.82) is 0 Å². The van der Waals surface area contributed by atoms with Gasteiger partial charge in [-0.1, -0.05) is 62.6 Å². The van der Waals surface area contributed by atoms with Crippen LogP contribution in [0.15, 0.2) is 35.9 Å². The number of carbonyl (C=O) groups excluding carboxylic acids is 4. The van der Waals surface area contributed by atoms with Gasteiger partial charge in [0.2, 0.25) is 11.8 Å². The molecule has 56 heavy (non-hydrogen) atoms. The van der Waals surface area contributed by atoms with Crippen LogP contribution in [0.2, 0.25) is 5.02 Å². The van der Waals surface area contributed by atoms with Gasteiger partial charge in [0.25, 0.3) is 0 Å². The van der Waals surface area contributed by atoms with Crippen molar-refractivity contribution in [3.8, 4) is 5.75 Å². The number of nitrogens with one attached hydrogen (secondary N) is 1. The Kier molecular flexibility index (Phi) is 14.7. The van der Waals surface area contributed by atoms with E-state index >= 15 is 0 Å². The highest BCUT2D eigenvalue weighted by Crippen LogP contribution is 2.50. The minimum absolute atomic E-state index is 0.0282. The number of thiol groups is 1. The van der Waals surface area contributed by atoms with Gasteiger partial charge in [-0.2, -0.15) is 12.6 Å². The minimum atomic E-state index is -1.61. The summed E-state index contributed by atoms with van der Waals surface area (Å²) in [6.07, 6.45) is 6.00. The number of hydrogen-bond acceptors (Lipinski definition) is 10. The summed E-state index contributed by atoms with van der Waals surface area (Å²) in [5.74, 6) is -0.269. The molecule has 0 radical (unpaired) electrons. The molecule has 2 fully saturated rings. The molecule has 4 heterocycles. The SMILES string of the molecule is CCCC(C)(CC(C)C)Oc1cc2cc(c1Cl)N(C)C(=O)C[C@H](OC(=O)[C@H](C)N(C)C(=O)CCS)[C@@]1(C)CC(C)(O1)[C@@H]1C[C@](O)(C/C=C/C=C(\C)C2)NC(=O)O1. The van der Waals surface area contributed by atoms with E-state index < -0.39 is 58.7 Å². The molecular weight excluding hydrogens is 758 g/mol. The summed E-state index contributed by atoms with van der Waals surface area (Å²) in [7, 11) is 3.14. The maximum atomic E-state index is 14.4. The minimum Gasteiger partial charge on any atom is -0.486 e.